The minimum Gasteiger partial charge on any atom is -0.497 e. The predicted octanol–water partition coefficient (Wildman–Crippen LogP) is 6.76. The highest BCUT2D eigenvalue weighted by Gasteiger charge is 2.29. The average molecular weight is 520 g/mol. The molecule has 0 fully saturated rings. The largest absolute Gasteiger partial charge is 0.497 e. The zero-order valence-corrected chi connectivity index (χ0v) is 22.2. The van der Waals surface area contributed by atoms with Gasteiger partial charge in [0.05, 0.1) is 25.5 Å². The first-order valence-electron chi connectivity index (χ1n) is 12.9. The van der Waals surface area contributed by atoms with Gasteiger partial charge in [-0.15, -0.1) is 0 Å². The Morgan fingerprint density at radius 1 is 0.795 bits per heavy atom. The molecule has 39 heavy (non-hydrogen) atoms. The second-order valence-electron chi connectivity index (χ2n) is 9.52. The summed E-state index contributed by atoms with van der Waals surface area (Å²) in [6.45, 7) is 0.883. The third kappa shape index (κ3) is 4.43. The lowest BCUT2D eigenvalue weighted by atomic mass is 9.92. The van der Waals surface area contributed by atoms with E-state index in [-0.39, 0.29) is 12.6 Å². The molecule has 0 bridgehead atoms. The number of nitrogens with zero attached hydrogens (tertiary/aromatic N) is 1. The molecule has 1 aliphatic heterocycles. The molecule has 0 spiro atoms. The summed E-state index contributed by atoms with van der Waals surface area (Å²) in [4.78, 5) is 14.2. The number of aromatic nitrogens is 1. The number of carbonyl (C=O) groups is 1. The monoisotopic (exact) mass is 519 g/mol. The Labute approximate surface area is 227 Å². The van der Waals surface area contributed by atoms with E-state index in [0.29, 0.717) is 16.9 Å². The highest BCUT2D eigenvalue weighted by Crippen LogP contribution is 2.42. The highest BCUT2D eigenvalue weighted by molar-refractivity contribution is 6.21. The second-order valence-corrected chi connectivity index (χ2v) is 9.52. The van der Waals surface area contributed by atoms with Crippen molar-refractivity contribution in [2.45, 2.75) is 13.0 Å². The van der Waals surface area contributed by atoms with E-state index in [4.69, 9.17) is 18.9 Å². The van der Waals surface area contributed by atoms with Gasteiger partial charge in [-0.3, -0.25) is 4.79 Å². The minimum absolute atomic E-state index is 0.0440. The lowest BCUT2D eigenvalue weighted by molar-refractivity contribution is 0.0510. The lowest BCUT2D eigenvalue weighted by Gasteiger charge is -2.22. The Bertz CT molecular complexity index is 1680. The first-order chi connectivity index (χ1) is 19.1. The van der Waals surface area contributed by atoms with E-state index in [1.807, 2.05) is 36.4 Å². The van der Waals surface area contributed by atoms with Crippen molar-refractivity contribution in [3.8, 4) is 39.6 Å². The van der Waals surface area contributed by atoms with Crippen molar-refractivity contribution in [1.82, 2.24) is 4.57 Å². The van der Waals surface area contributed by atoms with Gasteiger partial charge in [-0.1, -0.05) is 36.4 Å². The van der Waals surface area contributed by atoms with Gasteiger partial charge >= 0.3 is 0 Å². The van der Waals surface area contributed by atoms with E-state index in [2.05, 4.69) is 47.0 Å². The standard InChI is InChI=1S/C33H29NO5/c1-36-20-39-27-6-4-5-24(18-27)33(35)31-29-13-9-22(21-7-10-25(37-2)11-8-21)19-30(29)34-16-15-23-17-26(38-3)12-14-28(23)32(31)34/h4-14,17-19H,15-16,20H2,1-3H3. The number of aryl methyl sites for hydroxylation is 2. The Kier molecular flexibility index (Phi) is 6.55. The van der Waals surface area contributed by atoms with Crippen molar-refractivity contribution >= 4 is 16.7 Å². The maximum absolute atomic E-state index is 14.2. The fraction of sp³-hybridized carbons (Fsp3) is 0.182. The van der Waals surface area contributed by atoms with Crippen LogP contribution >= 0.6 is 0 Å². The summed E-state index contributed by atoms with van der Waals surface area (Å²) in [7, 11) is 4.91. The summed E-state index contributed by atoms with van der Waals surface area (Å²) < 4.78 is 23.8. The molecule has 0 saturated carbocycles. The topological polar surface area (TPSA) is 58.9 Å². The smallest absolute Gasteiger partial charge is 0.195 e. The first-order valence-corrected chi connectivity index (χ1v) is 12.9. The van der Waals surface area contributed by atoms with Crippen LogP contribution in [0.15, 0.2) is 84.9 Å². The molecule has 0 N–H and O–H groups in total. The minimum atomic E-state index is -0.0440. The molecule has 0 amide bonds. The summed E-state index contributed by atoms with van der Waals surface area (Å²) in [6, 6.07) is 27.8. The molecule has 6 nitrogen and oxygen atoms in total. The second kappa shape index (κ2) is 10.3. The maximum Gasteiger partial charge on any atom is 0.195 e. The molecule has 4 aromatic carbocycles. The van der Waals surface area contributed by atoms with Gasteiger partial charge in [-0.05, 0) is 71.6 Å². The van der Waals surface area contributed by atoms with Crippen molar-refractivity contribution in [3.05, 3.63) is 102 Å². The van der Waals surface area contributed by atoms with Gasteiger partial charge in [0.2, 0.25) is 0 Å². The zero-order chi connectivity index (χ0) is 26.9. The molecule has 1 aromatic heterocycles. The molecule has 0 aliphatic carbocycles. The molecular weight excluding hydrogens is 490 g/mol. The van der Waals surface area contributed by atoms with Crippen molar-refractivity contribution in [2.75, 3.05) is 28.1 Å². The number of carbonyl (C=O) groups excluding carboxylic acids is 1. The Morgan fingerprint density at radius 3 is 2.33 bits per heavy atom. The fourth-order valence-electron chi connectivity index (χ4n) is 5.42. The summed E-state index contributed by atoms with van der Waals surface area (Å²) in [5, 5.41) is 0.930. The summed E-state index contributed by atoms with van der Waals surface area (Å²) in [5.74, 6) is 2.18. The van der Waals surface area contributed by atoms with Crippen LogP contribution in [-0.2, 0) is 17.7 Å². The van der Waals surface area contributed by atoms with E-state index < -0.39 is 0 Å². The van der Waals surface area contributed by atoms with Crippen LogP contribution in [0.3, 0.4) is 0 Å². The Hall–Kier alpha value is -4.55. The maximum atomic E-state index is 14.2. The van der Waals surface area contributed by atoms with Crippen LogP contribution < -0.4 is 14.2 Å². The molecule has 0 saturated heterocycles. The van der Waals surface area contributed by atoms with Crippen molar-refractivity contribution in [2.24, 2.45) is 0 Å². The number of hydrogen-bond acceptors (Lipinski definition) is 5. The van der Waals surface area contributed by atoms with Gasteiger partial charge in [0, 0.05) is 35.7 Å². The third-order valence-electron chi connectivity index (χ3n) is 7.33. The predicted molar refractivity (Wildman–Crippen MR) is 152 cm³/mol. The number of hydrogen-bond donors (Lipinski definition) is 0. The van der Waals surface area contributed by atoms with Crippen LogP contribution in [0.4, 0.5) is 0 Å². The van der Waals surface area contributed by atoms with E-state index in [1.165, 1.54) is 5.56 Å². The van der Waals surface area contributed by atoms with Crippen LogP contribution in [0.5, 0.6) is 17.2 Å². The first kappa shape index (κ1) is 24.8. The molecule has 6 heteroatoms. The normalized spacial score (nSPS) is 12.1. The van der Waals surface area contributed by atoms with Gasteiger partial charge in [0.25, 0.3) is 0 Å². The van der Waals surface area contributed by atoms with Gasteiger partial charge < -0.3 is 23.5 Å². The summed E-state index contributed by atoms with van der Waals surface area (Å²) >= 11 is 0. The quantitative estimate of drug-likeness (QED) is 0.167. The van der Waals surface area contributed by atoms with Gasteiger partial charge in [-0.25, -0.2) is 0 Å². The summed E-state index contributed by atoms with van der Waals surface area (Å²) in [6.07, 6.45) is 0.851. The lowest BCUT2D eigenvalue weighted by Crippen LogP contribution is -2.13. The third-order valence-corrected chi connectivity index (χ3v) is 7.33. The number of benzene rings is 4. The zero-order valence-electron chi connectivity index (χ0n) is 22.2. The molecule has 0 radical (unpaired) electrons. The Morgan fingerprint density at radius 2 is 1.56 bits per heavy atom. The van der Waals surface area contributed by atoms with Crippen LogP contribution in [0.1, 0.15) is 21.5 Å². The highest BCUT2D eigenvalue weighted by atomic mass is 16.7. The number of ketones is 1. The molecule has 196 valence electrons. The number of fused-ring (bicyclic) bond motifs is 5. The van der Waals surface area contributed by atoms with Crippen molar-refractivity contribution in [3.63, 3.8) is 0 Å². The molecule has 6 rings (SSSR count). The van der Waals surface area contributed by atoms with Gasteiger partial charge in [0.15, 0.2) is 12.6 Å². The summed E-state index contributed by atoms with van der Waals surface area (Å²) in [5.41, 5.74) is 7.64. The number of ether oxygens (including phenoxy) is 4. The SMILES string of the molecule is COCOc1cccc(C(=O)c2c3n(c4cc(-c5ccc(OC)cc5)ccc24)CCc2cc(OC)ccc2-3)c1. The molecular formula is C33H29NO5. The van der Waals surface area contributed by atoms with Gasteiger partial charge in [0.1, 0.15) is 17.2 Å². The molecule has 1 aliphatic rings. The van der Waals surface area contributed by atoms with Crippen LogP contribution in [0.2, 0.25) is 0 Å². The van der Waals surface area contributed by atoms with Crippen molar-refractivity contribution < 1.29 is 23.7 Å². The molecule has 2 heterocycles. The fourth-order valence-corrected chi connectivity index (χ4v) is 5.42. The average Bonchev–Trinajstić information content (AvgIpc) is 3.33. The van der Waals surface area contributed by atoms with Crippen LogP contribution in [0, 0.1) is 0 Å². The van der Waals surface area contributed by atoms with E-state index >= 15 is 0 Å². The van der Waals surface area contributed by atoms with E-state index in [9.17, 15) is 4.79 Å². The van der Waals surface area contributed by atoms with Crippen LogP contribution in [-0.4, -0.2) is 38.5 Å². The molecule has 0 unspecified atom stereocenters. The van der Waals surface area contributed by atoms with E-state index in [1.54, 1.807) is 27.4 Å². The van der Waals surface area contributed by atoms with Crippen molar-refractivity contribution in [1.29, 1.82) is 0 Å². The van der Waals surface area contributed by atoms with E-state index in [0.717, 1.165) is 57.8 Å². The number of rotatable bonds is 8. The number of methoxy groups -OCH3 is 3. The molecule has 0 atom stereocenters. The Balaban J connectivity index is 1.55. The van der Waals surface area contributed by atoms with Gasteiger partial charge in [-0.2, -0.15) is 0 Å². The van der Waals surface area contributed by atoms with Crippen LogP contribution in [0.25, 0.3) is 33.3 Å². The molecule has 5 aromatic rings.